The molecule has 1 aliphatic rings. The molecule has 0 radical (unpaired) electrons. The van der Waals surface area contributed by atoms with E-state index < -0.39 is 0 Å². The molecule has 0 saturated carbocycles. The molecule has 106 valence electrons. The molecule has 1 atom stereocenters. The van der Waals surface area contributed by atoms with Crippen LogP contribution in [0.3, 0.4) is 0 Å². The van der Waals surface area contributed by atoms with Gasteiger partial charge < -0.3 is 4.90 Å². The quantitative estimate of drug-likeness (QED) is 0.621. The number of nitrogens with two attached hydrogens (primary N) is 1. The Kier molecular flexibility index (Phi) is 3.46. The highest BCUT2D eigenvalue weighted by Gasteiger charge is 2.24. The van der Waals surface area contributed by atoms with Crippen molar-refractivity contribution >= 4 is 11.9 Å². The molecule has 1 saturated heterocycles. The first-order valence-electron chi connectivity index (χ1n) is 6.76. The van der Waals surface area contributed by atoms with Gasteiger partial charge in [0.15, 0.2) is 0 Å². The maximum absolute atomic E-state index is 5.45. The number of nitrogen functional groups attached to an aromatic ring is 1. The summed E-state index contributed by atoms with van der Waals surface area (Å²) in [5.41, 5.74) is 2.50. The van der Waals surface area contributed by atoms with E-state index in [-0.39, 0.29) is 0 Å². The van der Waals surface area contributed by atoms with Crippen LogP contribution in [0.2, 0.25) is 0 Å². The molecule has 2 aromatic rings. The van der Waals surface area contributed by atoms with Crippen LogP contribution in [0.5, 0.6) is 0 Å². The molecule has 8 nitrogen and oxygen atoms in total. The molecule has 0 aliphatic carbocycles. The Hall–Kier alpha value is -2.22. The zero-order chi connectivity index (χ0) is 13.9. The predicted octanol–water partition coefficient (Wildman–Crippen LogP) is 0.579. The van der Waals surface area contributed by atoms with E-state index in [1.165, 1.54) is 12.8 Å². The van der Waals surface area contributed by atoms with E-state index in [9.17, 15) is 0 Å². The third-order valence-electron chi connectivity index (χ3n) is 3.62. The van der Waals surface area contributed by atoms with E-state index in [2.05, 4.69) is 37.2 Å². The number of hydrogen-bond acceptors (Lipinski definition) is 7. The molecule has 20 heavy (non-hydrogen) atoms. The minimum Gasteiger partial charge on any atom is -0.340 e. The van der Waals surface area contributed by atoms with E-state index >= 15 is 0 Å². The van der Waals surface area contributed by atoms with Gasteiger partial charge in [0.1, 0.15) is 6.33 Å². The highest BCUT2D eigenvalue weighted by atomic mass is 15.4. The summed E-state index contributed by atoms with van der Waals surface area (Å²) in [5.74, 6) is 7.69. The fourth-order valence-electron chi connectivity index (χ4n) is 2.40. The molecule has 3 N–H and O–H groups in total. The van der Waals surface area contributed by atoms with Crippen LogP contribution in [-0.4, -0.2) is 37.6 Å². The van der Waals surface area contributed by atoms with Gasteiger partial charge in [0.2, 0.25) is 17.8 Å². The van der Waals surface area contributed by atoms with Crippen LogP contribution in [0, 0.1) is 5.92 Å². The lowest BCUT2D eigenvalue weighted by atomic mass is 10.1. The molecule has 1 aliphatic heterocycles. The van der Waals surface area contributed by atoms with Crippen molar-refractivity contribution < 1.29 is 0 Å². The van der Waals surface area contributed by atoms with E-state index in [0.717, 1.165) is 13.1 Å². The molecular weight excluding hydrogens is 256 g/mol. The first kappa shape index (κ1) is 12.8. The predicted molar refractivity (Wildman–Crippen MR) is 75.4 cm³/mol. The topological polar surface area (TPSA) is 97.8 Å². The highest BCUT2D eigenvalue weighted by Crippen LogP contribution is 2.23. The fraction of sp³-hybridized carbons (Fsp3) is 0.500. The third-order valence-corrected chi connectivity index (χ3v) is 3.62. The first-order chi connectivity index (χ1) is 9.80. The van der Waals surface area contributed by atoms with Crippen molar-refractivity contribution in [2.45, 2.75) is 19.8 Å². The zero-order valence-corrected chi connectivity index (χ0v) is 11.4. The minimum absolute atomic E-state index is 0.360. The summed E-state index contributed by atoms with van der Waals surface area (Å²) in [5, 5.41) is 0. The number of imidazole rings is 1. The average Bonchev–Trinajstić information content (AvgIpc) is 3.17. The molecule has 1 unspecified atom stereocenters. The molecule has 0 amide bonds. The molecular formula is C12H18N8. The summed E-state index contributed by atoms with van der Waals surface area (Å²) < 4.78 is 1.74. The molecule has 0 aromatic carbocycles. The van der Waals surface area contributed by atoms with Crippen LogP contribution in [0.15, 0.2) is 18.7 Å². The van der Waals surface area contributed by atoms with Crippen molar-refractivity contribution in [3.8, 4) is 5.95 Å². The Morgan fingerprint density at radius 3 is 2.85 bits per heavy atom. The second-order valence-corrected chi connectivity index (χ2v) is 4.88. The summed E-state index contributed by atoms with van der Waals surface area (Å²) in [4.78, 5) is 19.3. The van der Waals surface area contributed by atoms with Crippen LogP contribution in [0.25, 0.3) is 5.95 Å². The fourth-order valence-corrected chi connectivity index (χ4v) is 2.40. The number of nitrogens with zero attached hydrogens (tertiary/aromatic N) is 6. The van der Waals surface area contributed by atoms with Crippen LogP contribution in [-0.2, 0) is 0 Å². The Bertz CT molecular complexity index is 567. The van der Waals surface area contributed by atoms with Gasteiger partial charge in [-0.25, -0.2) is 10.8 Å². The number of hydrazine groups is 1. The van der Waals surface area contributed by atoms with Crippen molar-refractivity contribution in [2.24, 2.45) is 11.8 Å². The normalized spacial score (nSPS) is 18.5. The molecule has 1 fully saturated rings. The van der Waals surface area contributed by atoms with Gasteiger partial charge in [-0.1, -0.05) is 13.3 Å². The van der Waals surface area contributed by atoms with Crippen LogP contribution >= 0.6 is 0 Å². The summed E-state index contributed by atoms with van der Waals surface area (Å²) in [6.07, 6.45) is 7.48. The summed E-state index contributed by atoms with van der Waals surface area (Å²) in [7, 11) is 0. The Morgan fingerprint density at radius 2 is 2.20 bits per heavy atom. The van der Waals surface area contributed by atoms with Crippen molar-refractivity contribution in [2.75, 3.05) is 23.4 Å². The first-order valence-corrected chi connectivity index (χ1v) is 6.76. The van der Waals surface area contributed by atoms with Crippen molar-refractivity contribution in [1.29, 1.82) is 0 Å². The summed E-state index contributed by atoms with van der Waals surface area (Å²) in [6.45, 7) is 4.16. The average molecular weight is 274 g/mol. The van der Waals surface area contributed by atoms with Crippen molar-refractivity contribution in [3.05, 3.63) is 18.7 Å². The number of rotatable bonds is 4. The van der Waals surface area contributed by atoms with Gasteiger partial charge in [0, 0.05) is 25.5 Å². The molecule has 0 spiro atoms. The Balaban J connectivity index is 1.93. The minimum atomic E-state index is 0.360. The summed E-state index contributed by atoms with van der Waals surface area (Å²) in [6, 6.07) is 0. The SMILES string of the molecule is CCC1CCN(c2nc(NN)nc(-n3ccnc3)n2)C1. The smallest absolute Gasteiger partial charge is 0.243 e. The van der Waals surface area contributed by atoms with Gasteiger partial charge in [-0.05, 0) is 12.3 Å². The van der Waals surface area contributed by atoms with Gasteiger partial charge in [0.25, 0.3) is 0 Å². The number of nitrogens with one attached hydrogen (secondary N) is 1. The van der Waals surface area contributed by atoms with Crippen LogP contribution < -0.4 is 16.2 Å². The Morgan fingerprint density at radius 1 is 1.35 bits per heavy atom. The second kappa shape index (κ2) is 5.41. The van der Waals surface area contributed by atoms with Gasteiger partial charge in [0.05, 0.1) is 0 Å². The van der Waals surface area contributed by atoms with E-state index in [1.54, 1.807) is 23.3 Å². The lowest BCUT2D eigenvalue weighted by Gasteiger charge is -2.17. The number of hydrogen-bond donors (Lipinski definition) is 2. The maximum atomic E-state index is 5.45. The molecule has 3 heterocycles. The molecule has 8 heteroatoms. The van der Waals surface area contributed by atoms with Gasteiger partial charge in [-0.15, -0.1) is 0 Å². The van der Waals surface area contributed by atoms with Gasteiger partial charge in [-0.2, -0.15) is 15.0 Å². The van der Waals surface area contributed by atoms with Crippen LogP contribution in [0.4, 0.5) is 11.9 Å². The lowest BCUT2D eigenvalue weighted by molar-refractivity contribution is 0.568. The Labute approximate surface area is 117 Å². The van der Waals surface area contributed by atoms with E-state index in [4.69, 9.17) is 5.84 Å². The zero-order valence-electron chi connectivity index (χ0n) is 11.4. The lowest BCUT2D eigenvalue weighted by Crippen LogP contribution is -2.24. The summed E-state index contributed by atoms with van der Waals surface area (Å²) >= 11 is 0. The van der Waals surface area contributed by atoms with E-state index in [1.807, 2.05) is 0 Å². The number of aromatic nitrogens is 5. The van der Waals surface area contributed by atoms with Gasteiger partial charge in [-0.3, -0.25) is 9.99 Å². The standard InChI is InChI=1S/C12H18N8/c1-2-9-3-5-19(7-9)11-15-10(18-13)16-12(17-11)20-6-4-14-8-20/h4,6,8-9H,2-3,5,7,13H2,1H3,(H,15,16,17,18). The molecule has 3 rings (SSSR count). The van der Waals surface area contributed by atoms with Crippen molar-refractivity contribution in [1.82, 2.24) is 24.5 Å². The van der Waals surface area contributed by atoms with Crippen molar-refractivity contribution in [3.63, 3.8) is 0 Å². The molecule has 0 bridgehead atoms. The largest absolute Gasteiger partial charge is 0.340 e. The monoisotopic (exact) mass is 274 g/mol. The maximum Gasteiger partial charge on any atom is 0.243 e. The third kappa shape index (κ3) is 2.42. The highest BCUT2D eigenvalue weighted by molar-refractivity contribution is 5.40. The van der Waals surface area contributed by atoms with Gasteiger partial charge >= 0.3 is 0 Å². The molecule has 2 aromatic heterocycles. The number of anilines is 2. The van der Waals surface area contributed by atoms with Crippen LogP contribution in [0.1, 0.15) is 19.8 Å². The van der Waals surface area contributed by atoms with E-state index in [0.29, 0.717) is 23.8 Å². The second-order valence-electron chi connectivity index (χ2n) is 4.88.